The van der Waals surface area contributed by atoms with Gasteiger partial charge in [-0.3, -0.25) is 24.2 Å². The molecule has 1 fully saturated rings. The van der Waals surface area contributed by atoms with Crippen LogP contribution in [0.25, 0.3) is 0 Å². The first-order valence-electron chi connectivity index (χ1n) is 11.5. The first-order chi connectivity index (χ1) is 17.0. The van der Waals surface area contributed by atoms with Crippen LogP contribution >= 0.6 is 11.3 Å². The van der Waals surface area contributed by atoms with Crippen LogP contribution in [0.5, 0.6) is 0 Å². The number of hydrogen-bond donors (Lipinski definition) is 0. The van der Waals surface area contributed by atoms with Crippen LogP contribution in [0.3, 0.4) is 0 Å². The molecule has 3 amide bonds. The van der Waals surface area contributed by atoms with Crippen molar-refractivity contribution in [2.75, 3.05) is 33.4 Å². The minimum atomic E-state index is -0.376. The summed E-state index contributed by atoms with van der Waals surface area (Å²) >= 11 is 1.59. The fourth-order valence-corrected chi connectivity index (χ4v) is 5.14. The van der Waals surface area contributed by atoms with Gasteiger partial charge >= 0.3 is 0 Å². The quantitative estimate of drug-likeness (QED) is 0.474. The molecule has 3 heterocycles. The number of carbonyl (C=O) groups excluding carboxylic acids is 3. The Balaban J connectivity index is 1.25. The van der Waals surface area contributed by atoms with Crippen LogP contribution in [0.4, 0.5) is 0 Å². The summed E-state index contributed by atoms with van der Waals surface area (Å²) in [6.07, 6.45) is 0. The zero-order chi connectivity index (χ0) is 24.4. The predicted molar refractivity (Wildman–Crippen MR) is 131 cm³/mol. The zero-order valence-electron chi connectivity index (χ0n) is 19.5. The predicted octanol–water partition coefficient (Wildman–Crippen LogP) is 3.04. The van der Waals surface area contributed by atoms with Crippen LogP contribution in [0, 0.1) is 0 Å². The summed E-state index contributed by atoms with van der Waals surface area (Å²) in [6.45, 7) is 4.63. The number of imide groups is 1. The van der Waals surface area contributed by atoms with E-state index in [0.29, 0.717) is 17.7 Å². The number of aromatic nitrogens is 1. The van der Waals surface area contributed by atoms with Gasteiger partial charge in [-0.1, -0.05) is 30.3 Å². The number of rotatable bonds is 7. The first-order valence-corrected chi connectivity index (χ1v) is 12.4. The number of carbonyl (C=O) groups is 3. The molecule has 5 rings (SSSR count). The average Bonchev–Trinajstić information content (AvgIpc) is 3.42. The normalized spacial score (nSPS) is 16.0. The average molecular weight is 491 g/mol. The smallest absolute Gasteiger partial charge is 0.261 e. The molecule has 2 aliphatic heterocycles. The lowest BCUT2D eigenvalue weighted by atomic mass is 10.0. The summed E-state index contributed by atoms with van der Waals surface area (Å²) in [5.41, 5.74) is 2.67. The Kier molecular flexibility index (Phi) is 6.72. The third-order valence-corrected chi connectivity index (χ3v) is 7.09. The summed E-state index contributed by atoms with van der Waals surface area (Å²) in [5.74, 6) is -0.938. The Hall–Kier alpha value is -3.40. The molecule has 9 heteroatoms. The molecule has 0 spiro atoms. The van der Waals surface area contributed by atoms with Crippen molar-refractivity contribution in [3.8, 4) is 0 Å². The topological polar surface area (TPSA) is 83.1 Å². The second kappa shape index (κ2) is 10.1. The van der Waals surface area contributed by atoms with Crippen molar-refractivity contribution in [1.29, 1.82) is 0 Å². The first kappa shape index (κ1) is 23.3. The van der Waals surface area contributed by atoms with Crippen molar-refractivity contribution in [1.82, 2.24) is 19.7 Å². The number of hydrogen-bond acceptors (Lipinski definition) is 7. The highest BCUT2D eigenvalue weighted by Crippen LogP contribution is 2.26. The number of nitrogens with zero attached hydrogens (tertiary/aromatic N) is 4. The SMILES string of the molecule is CN(Cc1csc(CN2CCOCC2)n1)C(=O)c1ccc2c(c1)C(=O)N(Cc1ccccc1)C2=O. The number of ether oxygens (including phenoxy) is 1. The van der Waals surface area contributed by atoms with E-state index in [1.807, 2.05) is 35.7 Å². The van der Waals surface area contributed by atoms with Gasteiger partial charge in [-0.05, 0) is 23.8 Å². The van der Waals surface area contributed by atoms with Crippen molar-refractivity contribution >= 4 is 29.1 Å². The summed E-state index contributed by atoms with van der Waals surface area (Å²) in [7, 11) is 1.71. The fourth-order valence-electron chi connectivity index (χ4n) is 4.31. The van der Waals surface area contributed by atoms with E-state index >= 15 is 0 Å². The highest BCUT2D eigenvalue weighted by atomic mass is 32.1. The molecule has 1 saturated heterocycles. The van der Waals surface area contributed by atoms with Gasteiger partial charge in [0.25, 0.3) is 17.7 Å². The summed E-state index contributed by atoms with van der Waals surface area (Å²) in [5, 5.41) is 2.99. The van der Waals surface area contributed by atoms with E-state index in [1.165, 1.54) is 11.0 Å². The Morgan fingerprint density at radius 3 is 2.54 bits per heavy atom. The lowest BCUT2D eigenvalue weighted by molar-refractivity contribution is 0.0341. The van der Waals surface area contributed by atoms with Gasteiger partial charge in [0.2, 0.25) is 0 Å². The van der Waals surface area contributed by atoms with Crippen LogP contribution in [-0.2, 0) is 24.4 Å². The maximum atomic E-state index is 13.1. The van der Waals surface area contributed by atoms with Crippen LogP contribution in [0.1, 0.15) is 47.3 Å². The monoisotopic (exact) mass is 490 g/mol. The summed E-state index contributed by atoms with van der Waals surface area (Å²) in [4.78, 5) is 48.7. The molecule has 2 aliphatic rings. The van der Waals surface area contributed by atoms with E-state index < -0.39 is 0 Å². The van der Waals surface area contributed by atoms with E-state index in [2.05, 4.69) is 9.88 Å². The molecule has 3 aromatic rings. The lowest BCUT2D eigenvalue weighted by Crippen LogP contribution is -2.35. The molecule has 1 aromatic heterocycles. The van der Waals surface area contributed by atoms with Crippen molar-refractivity contribution < 1.29 is 19.1 Å². The second-order valence-corrected chi connectivity index (χ2v) is 9.67. The Morgan fingerprint density at radius 2 is 1.77 bits per heavy atom. The van der Waals surface area contributed by atoms with Crippen LogP contribution in [0.2, 0.25) is 0 Å². The van der Waals surface area contributed by atoms with Crippen molar-refractivity contribution in [3.05, 3.63) is 86.9 Å². The summed E-state index contributed by atoms with van der Waals surface area (Å²) < 4.78 is 5.39. The highest BCUT2D eigenvalue weighted by molar-refractivity contribution is 7.09. The molecule has 0 radical (unpaired) electrons. The second-order valence-electron chi connectivity index (χ2n) is 8.72. The van der Waals surface area contributed by atoms with Crippen molar-refractivity contribution in [2.24, 2.45) is 0 Å². The van der Waals surface area contributed by atoms with E-state index in [-0.39, 0.29) is 29.8 Å². The van der Waals surface area contributed by atoms with Gasteiger partial charge in [-0.25, -0.2) is 4.98 Å². The van der Waals surface area contributed by atoms with E-state index in [9.17, 15) is 14.4 Å². The third kappa shape index (κ3) is 5.02. The molecular formula is C26H26N4O4S. The summed E-state index contributed by atoms with van der Waals surface area (Å²) in [6, 6.07) is 14.1. The maximum Gasteiger partial charge on any atom is 0.261 e. The van der Waals surface area contributed by atoms with Crippen LogP contribution in [-0.4, -0.2) is 70.8 Å². The van der Waals surface area contributed by atoms with Crippen molar-refractivity contribution in [2.45, 2.75) is 19.6 Å². The van der Waals surface area contributed by atoms with Crippen molar-refractivity contribution in [3.63, 3.8) is 0 Å². The molecule has 35 heavy (non-hydrogen) atoms. The molecule has 0 saturated carbocycles. The Morgan fingerprint density at radius 1 is 1.03 bits per heavy atom. The third-order valence-electron chi connectivity index (χ3n) is 6.21. The molecule has 8 nitrogen and oxygen atoms in total. The highest BCUT2D eigenvalue weighted by Gasteiger charge is 2.36. The Bertz CT molecular complexity index is 1250. The van der Waals surface area contributed by atoms with E-state index in [0.717, 1.165) is 49.1 Å². The molecule has 0 unspecified atom stereocenters. The molecule has 0 N–H and O–H groups in total. The standard InChI is InChI=1S/C26H26N4O4S/c1-28(15-20-17-35-23(27-20)16-29-9-11-34-12-10-29)24(31)19-7-8-21-22(13-19)26(33)30(25(21)32)14-18-5-3-2-4-6-18/h2-8,13,17H,9-12,14-16H2,1H3. The largest absolute Gasteiger partial charge is 0.379 e. The van der Waals surface area contributed by atoms with E-state index in [1.54, 1.807) is 35.4 Å². The Labute approximate surface area is 207 Å². The number of benzene rings is 2. The van der Waals surface area contributed by atoms with Gasteiger partial charge in [0.1, 0.15) is 5.01 Å². The minimum Gasteiger partial charge on any atom is -0.379 e. The maximum absolute atomic E-state index is 13.1. The van der Waals surface area contributed by atoms with Gasteiger partial charge in [0.15, 0.2) is 0 Å². The van der Waals surface area contributed by atoms with Gasteiger partial charge < -0.3 is 9.64 Å². The number of amides is 3. The van der Waals surface area contributed by atoms with Crippen LogP contribution in [0.15, 0.2) is 53.9 Å². The molecule has 2 aromatic carbocycles. The van der Waals surface area contributed by atoms with Gasteiger partial charge in [-0.15, -0.1) is 11.3 Å². The van der Waals surface area contributed by atoms with Gasteiger partial charge in [-0.2, -0.15) is 0 Å². The molecule has 0 bridgehead atoms. The molecule has 180 valence electrons. The molecule has 0 atom stereocenters. The minimum absolute atomic E-state index is 0.201. The zero-order valence-corrected chi connectivity index (χ0v) is 20.3. The number of fused-ring (bicyclic) bond motifs is 1. The fraction of sp³-hybridized carbons (Fsp3) is 0.308. The number of morpholine rings is 1. The van der Waals surface area contributed by atoms with E-state index in [4.69, 9.17) is 4.74 Å². The lowest BCUT2D eigenvalue weighted by Gasteiger charge is -2.25. The van der Waals surface area contributed by atoms with Gasteiger partial charge in [0.05, 0.1) is 49.7 Å². The molecular weight excluding hydrogens is 464 g/mol. The molecule has 0 aliphatic carbocycles. The number of thiazole rings is 1. The van der Waals surface area contributed by atoms with Gasteiger partial charge in [0, 0.05) is 31.1 Å². The van der Waals surface area contributed by atoms with Crippen LogP contribution < -0.4 is 0 Å².